The number of carbonyl (C=O) groups is 2. The maximum absolute atomic E-state index is 13.0. The third kappa shape index (κ3) is 2.23. The van der Waals surface area contributed by atoms with Gasteiger partial charge in [-0.1, -0.05) is 6.07 Å². The SMILES string of the molecule is Cc1ccc([C@]2(C)NC(=O)N(Cc3c(C)nc4ccccn34)C2=O)o1. The topological polar surface area (TPSA) is 79.9 Å². The van der Waals surface area contributed by atoms with E-state index in [1.807, 2.05) is 35.7 Å². The fraction of sp³-hybridized carbons (Fsp3) is 0.278. The zero-order chi connectivity index (χ0) is 17.8. The van der Waals surface area contributed by atoms with E-state index in [1.54, 1.807) is 26.0 Å². The molecule has 25 heavy (non-hydrogen) atoms. The number of fused-ring (bicyclic) bond motifs is 1. The van der Waals surface area contributed by atoms with Gasteiger partial charge in [-0.25, -0.2) is 9.78 Å². The largest absolute Gasteiger partial charge is 0.463 e. The Labute approximate surface area is 144 Å². The molecule has 3 aromatic rings. The lowest BCUT2D eigenvalue weighted by atomic mass is 9.99. The van der Waals surface area contributed by atoms with Crippen molar-refractivity contribution in [3.8, 4) is 0 Å². The number of imide groups is 1. The number of nitrogens with zero attached hydrogens (tertiary/aromatic N) is 3. The quantitative estimate of drug-likeness (QED) is 0.744. The average molecular weight is 338 g/mol. The molecule has 0 spiro atoms. The Morgan fingerprint density at radius 1 is 1.20 bits per heavy atom. The van der Waals surface area contributed by atoms with E-state index < -0.39 is 11.6 Å². The molecule has 0 aliphatic carbocycles. The Hall–Kier alpha value is -3.09. The summed E-state index contributed by atoms with van der Waals surface area (Å²) < 4.78 is 7.48. The molecule has 7 nitrogen and oxygen atoms in total. The van der Waals surface area contributed by atoms with Gasteiger partial charge in [0, 0.05) is 6.20 Å². The molecule has 0 aromatic carbocycles. The minimum absolute atomic E-state index is 0.150. The lowest BCUT2D eigenvalue weighted by Crippen LogP contribution is -2.40. The number of furan rings is 1. The number of carbonyl (C=O) groups excluding carboxylic acids is 2. The summed E-state index contributed by atoms with van der Waals surface area (Å²) in [5.41, 5.74) is 1.18. The maximum Gasteiger partial charge on any atom is 0.325 e. The van der Waals surface area contributed by atoms with Gasteiger partial charge in [0.1, 0.15) is 17.2 Å². The number of hydrogen-bond acceptors (Lipinski definition) is 4. The average Bonchev–Trinajstić information content (AvgIpc) is 3.20. The molecule has 0 radical (unpaired) electrons. The molecule has 1 atom stereocenters. The summed E-state index contributed by atoms with van der Waals surface area (Å²) in [4.78, 5) is 31.1. The van der Waals surface area contributed by atoms with Crippen LogP contribution in [0.2, 0.25) is 0 Å². The van der Waals surface area contributed by atoms with Gasteiger partial charge in [-0.3, -0.25) is 9.69 Å². The van der Waals surface area contributed by atoms with Crippen LogP contribution < -0.4 is 5.32 Å². The second kappa shape index (κ2) is 5.20. The highest BCUT2D eigenvalue weighted by molar-refractivity contribution is 6.06. The van der Waals surface area contributed by atoms with Crippen LogP contribution in [0.5, 0.6) is 0 Å². The molecule has 3 amide bonds. The first-order chi connectivity index (χ1) is 11.9. The van der Waals surface area contributed by atoms with Crippen LogP contribution in [0, 0.1) is 13.8 Å². The molecular formula is C18H18N4O3. The summed E-state index contributed by atoms with van der Waals surface area (Å²) in [5.74, 6) is 0.784. The van der Waals surface area contributed by atoms with Crippen LogP contribution in [0.3, 0.4) is 0 Å². The lowest BCUT2D eigenvalue weighted by Gasteiger charge is -2.19. The minimum atomic E-state index is -1.19. The molecule has 7 heteroatoms. The number of aryl methyl sites for hydroxylation is 2. The van der Waals surface area contributed by atoms with Gasteiger partial charge in [0.05, 0.1) is 17.9 Å². The van der Waals surface area contributed by atoms with Crippen molar-refractivity contribution in [3.05, 3.63) is 59.4 Å². The first-order valence-electron chi connectivity index (χ1n) is 8.04. The molecule has 3 aromatic heterocycles. The maximum atomic E-state index is 13.0. The molecule has 4 heterocycles. The number of aromatic nitrogens is 2. The Bertz CT molecular complexity index is 1000. The van der Waals surface area contributed by atoms with Gasteiger partial charge in [-0.05, 0) is 45.0 Å². The van der Waals surface area contributed by atoms with E-state index in [0.717, 1.165) is 17.0 Å². The minimum Gasteiger partial charge on any atom is -0.463 e. The Morgan fingerprint density at radius 2 is 2.00 bits per heavy atom. The van der Waals surface area contributed by atoms with Crippen molar-refractivity contribution in [3.63, 3.8) is 0 Å². The van der Waals surface area contributed by atoms with E-state index >= 15 is 0 Å². The fourth-order valence-electron chi connectivity index (χ4n) is 3.22. The van der Waals surface area contributed by atoms with Gasteiger partial charge in [0.2, 0.25) is 0 Å². The Morgan fingerprint density at radius 3 is 2.72 bits per heavy atom. The summed E-state index contributed by atoms with van der Waals surface area (Å²) in [6.45, 7) is 5.48. The highest BCUT2D eigenvalue weighted by Crippen LogP contribution is 2.31. The molecule has 0 saturated carbocycles. The first kappa shape index (κ1) is 15.4. The van der Waals surface area contributed by atoms with Crippen molar-refractivity contribution in [1.29, 1.82) is 0 Å². The van der Waals surface area contributed by atoms with Gasteiger partial charge in [0.15, 0.2) is 5.54 Å². The molecule has 128 valence electrons. The zero-order valence-corrected chi connectivity index (χ0v) is 14.2. The van der Waals surface area contributed by atoms with Crippen LogP contribution in [0.1, 0.15) is 29.8 Å². The molecule has 1 saturated heterocycles. The van der Waals surface area contributed by atoms with E-state index in [2.05, 4.69) is 10.3 Å². The monoisotopic (exact) mass is 338 g/mol. The second-order valence-corrected chi connectivity index (χ2v) is 6.43. The van der Waals surface area contributed by atoms with Crippen molar-refractivity contribution in [2.45, 2.75) is 32.9 Å². The first-order valence-corrected chi connectivity index (χ1v) is 8.04. The van der Waals surface area contributed by atoms with Gasteiger partial charge >= 0.3 is 6.03 Å². The van der Waals surface area contributed by atoms with Crippen LogP contribution in [-0.4, -0.2) is 26.2 Å². The smallest absolute Gasteiger partial charge is 0.325 e. The highest BCUT2D eigenvalue weighted by Gasteiger charge is 2.51. The fourth-order valence-corrected chi connectivity index (χ4v) is 3.22. The Balaban J connectivity index is 1.70. The molecule has 1 aliphatic heterocycles. The number of nitrogens with one attached hydrogen (secondary N) is 1. The van der Waals surface area contributed by atoms with E-state index in [9.17, 15) is 9.59 Å². The molecule has 1 aliphatic rings. The van der Waals surface area contributed by atoms with E-state index in [-0.39, 0.29) is 12.5 Å². The van der Waals surface area contributed by atoms with Crippen molar-refractivity contribution in [2.24, 2.45) is 0 Å². The van der Waals surface area contributed by atoms with Crippen molar-refractivity contribution in [1.82, 2.24) is 19.6 Å². The normalized spacial score (nSPS) is 20.5. The van der Waals surface area contributed by atoms with Crippen LogP contribution >= 0.6 is 0 Å². The van der Waals surface area contributed by atoms with Gasteiger partial charge in [-0.15, -0.1) is 0 Å². The summed E-state index contributed by atoms with van der Waals surface area (Å²) in [7, 11) is 0. The third-order valence-corrected chi connectivity index (χ3v) is 4.65. The molecule has 0 bridgehead atoms. The number of urea groups is 1. The number of rotatable bonds is 3. The second-order valence-electron chi connectivity index (χ2n) is 6.43. The number of pyridine rings is 1. The molecule has 4 rings (SSSR count). The van der Waals surface area contributed by atoms with Crippen LogP contribution in [-0.2, 0) is 16.9 Å². The predicted octanol–water partition coefficient (Wildman–Crippen LogP) is 2.51. The Kier molecular flexibility index (Phi) is 3.21. The van der Waals surface area contributed by atoms with Gasteiger partial charge in [-0.2, -0.15) is 0 Å². The summed E-state index contributed by atoms with van der Waals surface area (Å²) >= 11 is 0. The number of hydrogen-bond donors (Lipinski definition) is 1. The van der Waals surface area contributed by atoms with E-state index in [1.165, 1.54) is 4.90 Å². The molecule has 1 N–H and O–H groups in total. The highest BCUT2D eigenvalue weighted by atomic mass is 16.3. The van der Waals surface area contributed by atoms with Crippen molar-refractivity contribution >= 4 is 17.6 Å². The molecule has 0 unspecified atom stereocenters. The molecular weight excluding hydrogens is 320 g/mol. The van der Waals surface area contributed by atoms with Crippen molar-refractivity contribution in [2.75, 3.05) is 0 Å². The predicted molar refractivity (Wildman–Crippen MR) is 89.8 cm³/mol. The standard InChI is InChI=1S/C18H18N4O3/c1-11-7-8-14(25-11)18(3)16(23)22(17(24)20-18)10-13-12(2)19-15-6-4-5-9-21(13)15/h4-9H,10H2,1-3H3,(H,20,24)/t18-/m0/s1. The summed E-state index contributed by atoms with van der Waals surface area (Å²) in [6.07, 6.45) is 1.87. The van der Waals surface area contributed by atoms with Crippen LogP contribution in [0.15, 0.2) is 40.9 Å². The molecule has 1 fully saturated rings. The lowest BCUT2D eigenvalue weighted by molar-refractivity contribution is -0.132. The number of amides is 3. The van der Waals surface area contributed by atoms with E-state index in [4.69, 9.17) is 4.42 Å². The van der Waals surface area contributed by atoms with E-state index in [0.29, 0.717) is 11.5 Å². The van der Waals surface area contributed by atoms with Crippen LogP contribution in [0.4, 0.5) is 4.79 Å². The third-order valence-electron chi connectivity index (χ3n) is 4.65. The van der Waals surface area contributed by atoms with Gasteiger partial charge < -0.3 is 14.1 Å². The zero-order valence-electron chi connectivity index (χ0n) is 14.2. The van der Waals surface area contributed by atoms with Gasteiger partial charge in [0.25, 0.3) is 5.91 Å². The van der Waals surface area contributed by atoms with Crippen LogP contribution in [0.25, 0.3) is 5.65 Å². The summed E-state index contributed by atoms with van der Waals surface area (Å²) in [6, 6.07) is 8.73. The number of imidazole rings is 1. The van der Waals surface area contributed by atoms with Crippen molar-refractivity contribution < 1.29 is 14.0 Å². The summed E-state index contributed by atoms with van der Waals surface area (Å²) in [5, 5.41) is 2.75.